The van der Waals surface area contributed by atoms with Gasteiger partial charge in [-0.3, -0.25) is 10.1 Å². The minimum Gasteiger partial charge on any atom is -0.338 e. The number of nitrogens with zero attached hydrogens (tertiary/aromatic N) is 1. The molecule has 1 rings (SSSR count). The molecule has 0 saturated carbocycles. The molecule has 0 radical (unpaired) electrons. The fraction of sp³-hybridized carbons (Fsp3) is 0.222. The van der Waals surface area contributed by atoms with Gasteiger partial charge in [-0.05, 0) is 6.92 Å². The molecule has 1 aromatic carbocycles. The van der Waals surface area contributed by atoms with Gasteiger partial charge < -0.3 is 10.6 Å². The topological polar surface area (TPSA) is 84.3 Å². The summed E-state index contributed by atoms with van der Waals surface area (Å²) < 4.78 is 26.1. The van der Waals surface area contributed by atoms with E-state index in [1.54, 1.807) is 6.92 Å². The zero-order valence-electron chi connectivity index (χ0n) is 8.79. The van der Waals surface area contributed by atoms with Crippen LogP contribution in [0.5, 0.6) is 0 Å². The number of carbonyl (C=O) groups is 1. The van der Waals surface area contributed by atoms with Crippen molar-refractivity contribution >= 4 is 17.4 Å². The Morgan fingerprint density at radius 2 is 2.06 bits per heavy atom. The Kier molecular flexibility index (Phi) is 3.91. The van der Waals surface area contributed by atoms with Crippen molar-refractivity contribution in [3.63, 3.8) is 0 Å². The molecule has 17 heavy (non-hydrogen) atoms. The van der Waals surface area contributed by atoms with Gasteiger partial charge in [-0.25, -0.2) is 9.18 Å². The highest BCUT2D eigenvalue weighted by atomic mass is 19.1. The van der Waals surface area contributed by atoms with Gasteiger partial charge in [0.1, 0.15) is 5.82 Å². The molecule has 2 N–H and O–H groups in total. The number of nitro groups is 1. The van der Waals surface area contributed by atoms with Gasteiger partial charge in [0.25, 0.3) is 0 Å². The highest BCUT2D eigenvalue weighted by molar-refractivity contribution is 5.89. The van der Waals surface area contributed by atoms with Crippen LogP contribution >= 0.6 is 0 Å². The molecule has 0 aliphatic carbocycles. The maximum absolute atomic E-state index is 13.2. The predicted octanol–water partition coefficient (Wildman–Crippen LogP) is 2.01. The molecule has 0 aromatic heterocycles. The first-order chi connectivity index (χ1) is 7.95. The van der Waals surface area contributed by atoms with E-state index >= 15 is 0 Å². The van der Waals surface area contributed by atoms with Gasteiger partial charge in [0, 0.05) is 18.7 Å². The lowest BCUT2D eigenvalue weighted by atomic mass is 10.2. The highest BCUT2D eigenvalue weighted by Gasteiger charge is 2.19. The van der Waals surface area contributed by atoms with Crippen LogP contribution in [0.1, 0.15) is 6.92 Å². The fourth-order valence-electron chi connectivity index (χ4n) is 1.10. The van der Waals surface area contributed by atoms with Crippen molar-refractivity contribution in [2.24, 2.45) is 0 Å². The summed E-state index contributed by atoms with van der Waals surface area (Å²) >= 11 is 0. The minimum atomic E-state index is -1.30. The first kappa shape index (κ1) is 12.8. The molecule has 0 aliphatic rings. The Balaban J connectivity index is 3.03. The third-order valence-corrected chi connectivity index (χ3v) is 1.82. The zero-order chi connectivity index (χ0) is 13.0. The molecule has 0 saturated heterocycles. The molecule has 6 nitrogen and oxygen atoms in total. The second-order valence-electron chi connectivity index (χ2n) is 3.03. The van der Waals surface area contributed by atoms with Crippen molar-refractivity contribution in [2.45, 2.75) is 6.92 Å². The van der Waals surface area contributed by atoms with Crippen molar-refractivity contribution in [1.82, 2.24) is 5.32 Å². The van der Waals surface area contributed by atoms with Gasteiger partial charge in [-0.1, -0.05) is 0 Å². The van der Waals surface area contributed by atoms with Crippen LogP contribution in [0.25, 0.3) is 0 Å². The average molecular weight is 245 g/mol. The van der Waals surface area contributed by atoms with Gasteiger partial charge in [-0.2, -0.15) is 4.39 Å². The van der Waals surface area contributed by atoms with Gasteiger partial charge in [-0.15, -0.1) is 0 Å². The van der Waals surface area contributed by atoms with E-state index in [1.165, 1.54) is 0 Å². The van der Waals surface area contributed by atoms with Crippen LogP contribution < -0.4 is 10.6 Å². The Morgan fingerprint density at radius 1 is 1.41 bits per heavy atom. The molecule has 0 spiro atoms. The van der Waals surface area contributed by atoms with E-state index in [9.17, 15) is 23.7 Å². The number of urea groups is 1. The van der Waals surface area contributed by atoms with E-state index in [-0.39, 0.29) is 0 Å². The summed E-state index contributed by atoms with van der Waals surface area (Å²) in [7, 11) is 0. The van der Waals surface area contributed by atoms with Crippen LogP contribution in [0.4, 0.5) is 25.0 Å². The van der Waals surface area contributed by atoms with Crippen molar-refractivity contribution in [3.05, 3.63) is 33.9 Å². The Bertz CT molecular complexity index is 465. The van der Waals surface area contributed by atoms with Crippen LogP contribution in [0, 0.1) is 21.7 Å². The van der Waals surface area contributed by atoms with Crippen molar-refractivity contribution in [1.29, 1.82) is 0 Å². The molecule has 0 fully saturated rings. The van der Waals surface area contributed by atoms with Crippen molar-refractivity contribution in [2.75, 3.05) is 11.9 Å². The number of nitro benzene ring substituents is 1. The number of rotatable bonds is 3. The first-order valence-electron chi connectivity index (χ1n) is 4.64. The zero-order valence-corrected chi connectivity index (χ0v) is 8.79. The second-order valence-corrected chi connectivity index (χ2v) is 3.03. The second kappa shape index (κ2) is 5.19. The molecular weight excluding hydrogens is 236 g/mol. The molecule has 0 unspecified atom stereocenters. The average Bonchev–Trinajstić information content (AvgIpc) is 2.21. The van der Waals surface area contributed by atoms with Crippen LogP contribution in [-0.4, -0.2) is 17.5 Å². The van der Waals surface area contributed by atoms with Crippen molar-refractivity contribution in [3.8, 4) is 0 Å². The Hall–Kier alpha value is -2.25. The number of hydrogen-bond donors (Lipinski definition) is 2. The number of anilines is 1. The largest absolute Gasteiger partial charge is 0.338 e. The summed E-state index contributed by atoms with van der Waals surface area (Å²) in [6.07, 6.45) is 0. The lowest BCUT2D eigenvalue weighted by Crippen LogP contribution is -2.28. The van der Waals surface area contributed by atoms with E-state index in [0.29, 0.717) is 18.7 Å². The molecule has 0 heterocycles. The van der Waals surface area contributed by atoms with E-state index in [4.69, 9.17) is 0 Å². The van der Waals surface area contributed by atoms with Gasteiger partial charge in [0.15, 0.2) is 0 Å². The van der Waals surface area contributed by atoms with Crippen LogP contribution in [0.15, 0.2) is 12.1 Å². The normalized spacial score (nSPS) is 9.82. The van der Waals surface area contributed by atoms with Gasteiger partial charge in [0.2, 0.25) is 5.82 Å². The smallest absolute Gasteiger partial charge is 0.319 e. The summed E-state index contributed by atoms with van der Waals surface area (Å²) in [5.41, 5.74) is -1.36. The monoisotopic (exact) mass is 245 g/mol. The number of hydrogen-bond acceptors (Lipinski definition) is 3. The molecule has 8 heteroatoms. The van der Waals surface area contributed by atoms with E-state index in [0.717, 1.165) is 0 Å². The number of benzene rings is 1. The SMILES string of the molecule is CCNC(=O)Nc1cc([N+](=O)[O-])c(F)cc1F. The maximum atomic E-state index is 13.2. The summed E-state index contributed by atoms with van der Waals surface area (Å²) in [5.74, 6) is -2.38. The quantitative estimate of drug-likeness (QED) is 0.631. The lowest BCUT2D eigenvalue weighted by Gasteiger charge is -2.06. The van der Waals surface area contributed by atoms with Crippen LogP contribution in [-0.2, 0) is 0 Å². The first-order valence-corrected chi connectivity index (χ1v) is 4.64. The molecule has 0 bridgehead atoms. The van der Waals surface area contributed by atoms with E-state index in [1.807, 2.05) is 5.32 Å². The number of nitrogens with one attached hydrogen (secondary N) is 2. The van der Waals surface area contributed by atoms with Crippen LogP contribution in [0.3, 0.4) is 0 Å². The molecule has 1 aromatic rings. The molecule has 0 aliphatic heterocycles. The van der Waals surface area contributed by atoms with E-state index < -0.39 is 34.0 Å². The van der Waals surface area contributed by atoms with Gasteiger partial charge >= 0.3 is 11.7 Å². The number of halogens is 2. The number of amides is 2. The minimum absolute atomic E-state index is 0.302. The third kappa shape index (κ3) is 3.10. The van der Waals surface area contributed by atoms with Crippen molar-refractivity contribution < 1.29 is 18.5 Å². The number of carbonyl (C=O) groups excluding carboxylic acids is 1. The van der Waals surface area contributed by atoms with Gasteiger partial charge in [0.05, 0.1) is 10.6 Å². The Morgan fingerprint density at radius 3 is 2.59 bits per heavy atom. The standard InChI is InChI=1S/C9H9F2N3O3/c1-2-12-9(15)13-7-4-8(14(16)17)6(11)3-5(7)10/h3-4H,2H2,1H3,(H2,12,13,15). The highest BCUT2D eigenvalue weighted by Crippen LogP contribution is 2.24. The summed E-state index contributed by atoms with van der Waals surface area (Å²) in [6, 6.07) is 0.242. The molecular formula is C9H9F2N3O3. The fourth-order valence-corrected chi connectivity index (χ4v) is 1.10. The summed E-state index contributed by atoms with van der Waals surface area (Å²) in [4.78, 5) is 20.5. The van der Waals surface area contributed by atoms with E-state index in [2.05, 4.69) is 5.32 Å². The Labute approximate surface area is 94.8 Å². The third-order valence-electron chi connectivity index (χ3n) is 1.82. The summed E-state index contributed by atoms with van der Waals surface area (Å²) in [5, 5.41) is 14.8. The lowest BCUT2D eigenvalue weighted by molar-refractivity contribution is -0.387. The molecule has 92 valence electrons. The van der Waals surface area contributed by atoms with Crippen LogP contribution in [0.2, 0.25) is 0 Å². The summed E-state index contributed by atoms with van der Waals surface area (Å²) in [6.45, 7) is 1.94. The molecule has 2 amide bonds. The molecule has 0 atom stereocenters. The predicted molar refractivity (Wildman–Crippen MR) is 55.7 cm³/mol. The maximum Gasteiger partial charge on any atom is 0.319 e.